The van der Waals surface area contributed by atoms with Crippen LogP contribution in [0.2, 0.25) is 0 Å². The van der Waals surface area contributed by atoms with Gasteiger partial charge in [-0.3, -0.25) is 9.59 Å². The van der Waals surface area contributed by atoms with Gasteiger partial charge in [0.1, 0.15) is 0 Å². The number of halogens is 1. The van der Waals surface area contributed by atoms with Crippen molar-refractivity contribution in [3.8, 4) is 0 Å². The first-order valence-electron chi connectivity index (χ1n) is 5.13. The number of nitrogens with two attached hydrogens (primary N) is 1. The standard InChI is InChI=1S/C11H14FN3O2/c1-7(2)15(6-9(13)16)11(17)8-4-3-5-14-10(8)12/h3-5,7H,6H2,1-2H3,(H2,13,16). The molecule has 0 bridgehead atoms. The van der Waals surface area contributed by atoms with Crippen molar-refractivity contribution >= 4 is 11.8 Å². The Morgan fingerprint density at radius 1 is 1.53 bits per heavy atom. The third-order valence-electron chi connectivity index (χ3n) is 2.20. The summed E-state index contributed by atoms with van der Waals surface area (Å²) >= 11 is 0. The van der Waals surface area contributed by atoms with E-state index in [2.05, 4.69) is 4.98 Å². The van der Waals surface area contributed by atoms with Crippen LogP contribution in [0.1, 0.15) is 24.2 Å². The van der Waals surface area contributed by atoms with Crippen molar-refractivity contribution in [1.82, 2.24) is 9.88 Å². The van der Waals surface area contributed by atoms with Crippen molar-refractivity contribution in [3.05, 3.63) is 29.8 Å². The number of carbonyl (C=O) groups is 2. The summed E-state index contributed by atoms with van der Waals surface area (Å²) in [6.07, 6.45) is 1.25. The summed E-state index contributed by atoms with van der Waals surface area (Å²) in [5.74, 6) is -2.09. The lowest BCUT2D eigenvalue weighted by molar-refractivity contribution is -0.119. The summed E-state index contributed by atoms with van der Waals surface area (Å²) in [6, 6.07) is 2.52. The van der Waals surface area contributed by atoms with Crippen LogP contribution in [0.5, 0.6) is 0 Å². The Bertz CT molecular complexity index is 434. The number of rotatable bonds is 4. The monoisotopic (exact) mass is 239 g/mol. The van der Waals surface area contributed by atoms with Crippen molar-refractivity contribution in [2.24, 2.45) is 5.73 Å². The Morgan fingerprint density at radius 2 is 2.18 bits per heavy atom. The molecule has 0 spiro atoms. The highest BCUT2D eigenvalue weighted by Crippen LogP contribution is 2.10. The fourth-order valence-corrected chi connectivity index (χ4v) is 1.36. The second kappa shape index (κ2) is 5.38. The van der Waals surface area contributed by atoms with Crippen LogP contribution in [0, 0.1) is 5.95 Å². The van der Waals surface area contributed by atoms with Crippen molar-refractivity contribution in [1.29, 1.82) is 0 Å². The van der Waals surface area contributed by atoms with E-state index in [1.54, 1.807) is 13.8 Å². The molecule has 0 aliphatic rings. The van der Waals surface area contributed by atoms with Crippen molar-refractivity contribution in [3.63, 3.8) is 0 Å². The van der Waals surface area contributed by atoms with Gasteiger partial charge in [0.05, 0.1) is 12.1 Å². The molecule has 2 N–H and O–H groups in total. The number of pyridine rings is 1. The van der Waals surface area contributed by atoms with E-state index in [-0.39, 0.29) is 18.2 Å². The van der Waals surface area contributed by atoms with Crippen molar-refractivity contribution < 1.29 is 14.0 Å². The van der Waals surface area contributed by atoms with E-state index in [1.807, 2.05) is 0 Å². The zero-order valence-electron chi connectivity index (χ0n) is 9.68. The van der Waals surface area contributed by atoms with Gasteiger partial charge in [-0.05, 0) is 26.0 Å². The zero-order valence-corrected chi connectivity index (χ0v) is 9.68. The Morgan fingerprint density at radius 3 is 2.65 bits per heavy atom. The molecule has 2 amide bonds. The molecule has 17 heavy (non-hydrogen) atoms. The van der Waals surface area contributed by atoms with E-state index in [1.165, 1.54) is 23.2 Å². The smallest absolute Gasteiger partial charge is 0.259 e. The lowest BCUT2D eigenvalue weighted by Crippen LogP contribution is -2.43. The van der Waals surface area contributed by atoms with E-state index >= 15 is 0 Å². The van der Waals surface area contributed by atoms with Crippen LogP contribution in [0.15, 0.2) is 18.3 Å². The highest BCUT2D eigenvalue weighted by atomic mass is 19.1. The molecule has 0 atom stereocenters. The zero-order chi connectivity index (χ0) is 13.0. The van der Waals surface area contributed by atoms with E-state index in [0.29, 0.717) is 0 Å². The second-order valence-corrected chi connectivity index (χ2v) is 3.83. The fourth-order valence-electron chi connectivity index (χ4n) is 1.36. The van der Waals surface area contributed by atoms with E-state index in [9.17, 15) is 14.0 Å². The summed E-state index contributed by atoms with van der Waals surface area (Å²) in [7, 11) is 0. The average molecular weight is 239 g/mol. The van der Waals surface area contributed by atoms with Gasteiger partial charge in [-0.2, -0.15) is 4.39 Å². The number of hydrogen-bond donors (Lipinski definition) is 1. The van der Waals surface area contributed by atoms with Crippen LogP contribution >= 0.6 is 0 Å². The van der Waals surface area contributed by atoms with Gasteiger partial charge in [0.2, 0.25) is 11.9 Å². The normalized spacial score (nSPS) is 10.4. The highest BCUT2D eigenvalue weighted by Gasteiger charge is 2.23. The summed E-state index contributed by atoms with van der Waals surface area (Å²) in [5.41, 5.74) is 4.88. The molecule has 1 heterocycles. The van der Waals surface area contributed by atoms with Gasteiger partial charge in [-0.25, -0.2) is 4.98 Å². The third kappa shape index (κ3) is 3.24. The molecule has 0 aliphatic heterocycles. The van der Waals surface area contributed by atoms with Gasteiger partial charge in [0.25, 0.3) is 5.91 Å². The highest BCUT2D eigenvalue weighted by molar-refractivity contribution is 5.96. The minimum atomic E-state index is -0.854. The first-order chi connectivity index (χ1) is 7.93. The number of aromatic nitrogens is 1. The third-order valence-corrected chi connectivity index (χ3v) is 2.20. The molecule has 0 saturated heterocycles. The van der Waals surface area contributed by atoms with Gasteiger partial charge in [0, 0.05) is 12.2 Å². The fraction of sp³-hybridized carbons (Fsp3) is 0.364. The Hall–Kier alpha value is -1.98. The number of hydrogen-bond acceptors (Lipinski definition) is 3. The Kier molecular flexibility index (Phi) is 4.14. The van der Waals surface area contributed by atoms with Crippen LogP contribution in [0.4, 0.5) is 4.39 Å². The largest absolute Gasteiger partial charge is 0.368 e. The minimum absolute atomic E-state index is 0.164. The van der Waals surface area contributed by atoms with Crippen LogP contribution in [0.3, 0.4) is 0 Å². The van der Waals surface area contributed by atoms with Gasteiger partial charge >= 0.3 is 0 Å². The molecule has 0 unspecified atom stereocenters. The van der Waals surface area contributed by atoms with Gasteiger partial charge in [0.15, 0.2) is 0 Å². The molecule has 0 saturated carbocycles. The molecular formula is C11H14FN3O2. The molecule has 0 aliphatic carbocycles. The molecule has 1 rings (SSSR count). The summed E-state index contributed by atoms with van der Waals surface area (Å²) in [6.45, 7) is 3.19. The average Bonchev–Trinajstić information content (AvgIpc) is 2.25. The molecule has 92 valence electrons. The van der Waals surface area contributed by atoms with Gasteiger partial charge in [-0.1, -0.05) is 0 Å². The van der Waals surface area contributed by atoms with Gasteiger partial charge in [-0.15, -0.1) is 0 Å². The topological polar surface area (TPSA) is 76.3 Å². The summed E-state index contributed by atoms with van der Waals surface area (Å²) in [4.78, 5) is 27.4. The van der Waals surface area contributed by atoms with E-state index in [4.69, 9.17) is 5.73 Å². The van der Waals surface area contributed by atoms with Crippen molar-refractivity contribution in [2.45, 2.75) is 19.9 Å². The predicted octanol–water partition coefficient (Wildman–Crippen LogP) is 0.557. The summed E-state index contributed by atoms with van der Waals surface area (Å²) in [5, 5.41) is 0. The van der Waals surface area contributed by atoms with Crippen molar-refractivity contribution in [2.75, 3.05) is 6.54 Å². The molecular weight excluding hydrogens is 225 g/mol. The van der Waals surface area contributed by atoms with Crippen LogP contribution in [-0.4, -0.2) is 34.3 Å². The molecule has 0 fully saturated rings. The number of carbonyl (C=O) groups excluding carboxylic acids is 2. The number of primary amides is 1. The maximum Gasteiger partial charge on any atom is 0.259 e. The predicted molar refractivity (Wildman–Crippen MR) is 59.6 cm³/mol. The van der Waals surface area contributed by atoms with Crippen LogP contribution in [-0.2, 0) is 4.79 Å². The minimum Gasteiger partial charge on any atom is -0.368 e. The quantitative estimate of drug-likeness (QED) is 0.780. The van der Waals surface area contributed by atoms with E-state index in [0.717, 1.165) is 0 Å². The second-order valence-electron chi connectivity index (χ2n) is 3.83. The first kappa shape index (κ1) is 13.1. The first-order valence-corrected chi connectivity index (χ1v) is 5.13. The Balaban J connectivity index is 3.00. The van der Waals surface area contributed by atoms with Crippen LogP contribution in [0.25, 0.3) is 0 Å². The molecule has 5 nitrogen and oxygen atoms in total. The lowest BCUT2D eigenvalue weighted by atomic mass is 10.2. The molecule has 1 aromatic rings. The van der Waals surface area contributed by atoms with Gasteiger partial charge < -0.3 is 10.6 Å². The number of amides is 2. The van der Waals surface area contributed by atoms with E-state index < -0.39 is 17.8 Å². The molecule has 0 aromatic carbocycles. The molecule has 0 radical (unpaired) electrons. The summed E-state index contributed by atoms with van der Waals surface area (Å²) < 4.78 is 13.3. The maximum absolute atomic E-state index is 13.3. The number of nitrogens with zero attached hydrogens (tertiary/aromatic N) is 2. The lowest BCUT2D eigenvalue weighted by Gasteiger charge is -2.25. The van der Waals surface area contributed by atoms with Crippen LogP contribution < -0.4 is 5.73 Å². The maximum atomic E-state index is 13.3. The molecule has 1 aromatic heterocycles. The Labute approximate surface area is 98.4 Å². The molecule has 6 heteroatoms. The SMILES string of the molecule is CC(C)N(CC(N)=O)C(=O)c1cccnc1F.